The largest absolute Gasteiger partial charge is 0.494 e. The van der Waals surface area contributed by atoms with Gasteiger partial charge in [0.25, 0.3) is 0 Å². The van der Waals surface area contributed by atoms with E-state index in [9.17, 15) is 4.79 Å². The number of nitrogens with two attached hydrogens (primary N) is 2. The maximum Gasteiger partial charge on any atom is 0.201 e. The van der Waals surface area contributed by atoms with Gasteiger partial charge in [-0.25, -0.2) is 5.84 Å². The van der Waals surface area contributed by atoms with Gasteiger partial charge >= 0.3 is 0 Å². The molecule has 0 aliphatic heterocycles. The Morgan fingerprint density at radius 3 is 2.58 bits per heavy atom. The number of hydrogen-bond donors (Lipinski definition) is 2. The van der Waals surface area contributed by atoms with E-state index in [-0.39, 0.29) is 11.5 Å². The van der Waals surface area contributed by atoms with Gasteiger partial charge in [-0.15, -0.1) is 0 Å². The van der Waals surface area contributed by atoms with Crippen molar-refractivity contribution in [1.82, 2.24) is 0 Å². The number of aryl methyl sites for hydroxylation is 1. The number of nitrogens with zero attached hydrogens (tertiary/aromatic N) is 2. The van der Waals surface area contributed by atoms with Crippen LogP contribution >= 0.6 is 11.8 Å². The fourth-order valence-electron chi connectivity index (χ4n) is 2.23. The predicted octanol–water partition coefficient (Wildman–Crippen LogP) is 3.31. The first kappa shape index (κ1) is 19.8. The van der Waals surface area contributed by atoms with Crippen molar-refractivity contribution in [2.75, 3.05) is 17.4 Å². The van der Waals surface area contributed by atoms with Gasteiger partial charge in [-0.1, -0.05) is 30.8 Å². The van der Waals surface area contributed by atoms with Crippen LogP contribution in [0.1, 0.15) is 29.3 Å². The number of hydrazone groups is 1. The summed E-state index contributed by atoms with van der Waals surface area (Å²) in [6.45, 7) is 4.68. The van der Waals surface area contributed by atoms with Crippen LogP contribution in [0, 0.1) is 6.92 Å². The van der Waals surface area contributed by atoms with Crippen molar-refractivity contribution in [3.05, 3.63) is 59.7 Å². The number of hydrazine groups is 1. The molecule has 0 radical (unpaired) electrons. The smallest absolute Gasteiger partial charge is 0.201 e. The van der Waals surface area contributed by atoms with Crippen molar-refractivity contribution in [3.8, 4) is 5.75 Å². The summed E-state index contributed by atoms with van der Waals surface area (Å²) < 4.78 is 5.52. The predicted molar refractivity (Wildman–Crippen MR) is 108 cm³/mol. The average molecular weight is 372 g/mol. The van der Waals surface area contributed by atoms with Crippen LogP contribution in [0.3, 0.4) is 0 Å². The lowest BCUT2D eigenvalue weighted by Gasteiger charge is -2.19. The van der Waals surface area contributed by atoms with Crippen LogP contribution in [0.15, 0.2) is 53.6 Å². The molecule has 0 spiro atoms. The lowest BCUT2D eigenvalue weighted by molar-refractivity contribution is 0.102. The maximum atomic E-state index is 12.4. The molecular formula is C19H24N4O2S. The lowest BCUT2D eigenvalue weighted by Crippen LogP contribution is -2.37. The third-order valence-electron chi connectivity index (χ3n) is 3.58. The molecule has 6 nitrogen and oxygen atoms in total. The fraction of sp³-hybridized carbons (Fsp3) is 0.263. The van der Waals surface area contributed by atoms with Gasteiger partial charge in [-0.2, -0.15) is 5.10 Å². The van der Waals surface area contributed by atoms with Gasteiger partial charge in [0.15, 0.2) is 5.78 Å². The van der Waals surface area contributed by atoms with Crippen molar-refractivity contribution in [3.63, 3.8) is 0 Å². The standard InChI is InChI=1S/C19H24N4O2S/c1-3-11-25-17-9-7-15(8-10-17)18(24)13-26-19(22-20)23(21)16-6-4-5-14(2)12-16/h4-10,12H,3,11,13,20-21H2,1-2H3/b22-19+. The van der Waals surface area contributed by atoms with Crippen LogP contribution in [0.4, 0.5) is 5.69 Å². The number of benzene rings is 2. The van der Waals surface area contributed by atoms with Crippen LogP contribution in [-0.2, 0) is 0 Å². The zero-order valence-electron chi connectivity index (χ0n) is 15.0. The molecule has 0 unspecified atom stereocenters. The van der Waals surface area contributed by atoms with Gasteiger partial charge in [0.1, 0.15) is 5.75 Å². The van der Waals surface area contributed by atoms with Crippen molar-refractivity contribution in [2.45, 2.75) is 20.3 Å². The maximum absolute atomic E-state index is 12.4. The number of ether oxygens (including phenoxy) is 1. The van der Waals surface area contributed by atoms with Gasteiger partial charge in [0.2, 0.25) is 5.17 Å². The molecule has 0 atom stereocenters. The van der Waals surface area contributed by atoms with Crippen LogP contribution in [0.2, 0.25) is 0 Å². The molecule has 4 N–H and O–H groups in total. The quantitative estimate of drug-likeness (QED) is 0.255. The number of hydrogen-bond acceptors (Lipinski definition) is 6. The number of ketones is 1. The molecule has 0 aromatic heterocycles. The highest BCUT2D eigenvalue weighted by Crippen LogP contribution is 2.19. The van der Waals surface area contributed by atoms with Crippen LogP contribution in [-0.4, -0.2) is 23.3 Å². The van der Waals surface area contributed by atoms with E-state index in [1.165, 1.54) is 16.8 Å². The average Bonchev–Trinajstić information content (AvgIpc) is 2.66. The van der Waals surface area contributed by atoms with E-state index in [0.717, 1.165) is 23.4 Å². The first-order valence-corrected chi connectivity index (χ1v) is 9.32. The summed E-state index contributed by atoms with van der Waals surface area (Å²) in [5.74, 6) is 12.5. The first-order valence-electron chi connectivity index (χ1n) is 8.33. The Balaban J connectivity index is 1.96. The van der Waals surface area contributed by atoms with E-state index in [2.05, 4.69) is 5.10 Å². The van der Waals surface area contributed by atoms with E-state index in [4.69, 9.17) is 16.4 Å². The Bertz CT molecular complexity index is 762. The molecule has 0 heterocycles. The van der Waals surface area contributed by atoms with Gasteiger partial charge < -0.3 is 10.6 Å². The zero-order valence-corrected chi connectivity index (χ0v) is 15.8. The molecule has 2 rings (SSSR count). The van der Waals surface area contributed by atoms with Crippen LogP contribution < -0.4 is 21.4 Å². The third kappa shape index (κ3) is 5.50. The third-order valence-corrected chi connectivity index (χ3v) is 4.54. The van der Waals surface area contributed by atoms with E-state index in [1.54, 1.807) is 24.3 Å². The number of thioether (sulfide) groups is 1. The van der Waals surface area contributed by atoms with Gasteiger partial charge in [0, 0.05) is 5.56 Å². The Morgan fingerprint density at radius 1 is 1.23 bits per heavy atom. The molecular weight excluding hydrogens is 348 g/mol. The molecule has 2 aromatic rings. The van der Waals surface area contributed by atoms with E-state index in [1.807, 2.05) is 38.1 Å². The SMILES string of the molecule is CCCOc1ccc(C(=O)CS/C(=N/N)N(N)c2cccc(C)c2)cc1. The summed E-state index contributed by atoms with van der Waals surface area (Å²) in [6.07, 6.45) is 0.940. The highest BCUT2D eigenvalue weighted by molar-refractivity contribution is 8.14. The second-order valence-electron chi connectivity index (χ2n) is 5.71. The van der Waals surface area contributed by atoms with Crippen molar-refractivity contribution in [2.24, 2.45) is 16.8 Å². The molecule has 138 valence electrons. The Labute approximate surface area is 158 Å². The molecule has 0 saturated heterocycles. The number of rotatable bonds is 7. The molecule has 0 saturated carbocycles. The van der Waals surface area contributed by atoms with Gasteiger partial charge in [-0.3, -0.25) is 9.80 Å². The Hall–Kier alpha value is -2.51. The monoisotopic (exact) mass is 372 g/mol. The number of amidine groups is 1. The Morgan fingerprint density at radius 2 is 1.96 bits per heavy atom. The topological polar surface area (TPSA) is 93.9 Å². The van der Waals surface area contributed by atoms with Crippen molar-refractivity contribution in [1.29, 1.82) is 0 Å². The number of carbonyl (C=O) groups is 1. The Kier molecular flexibility index (Phi) is 7.50. The van der Waals surface area contributed by atoms with E-state index in [0.29, 0.717) is 17.3 Å². The van der Waals surface area contributed by atoms with Crippen LogP contribution in [0.25, 0.3) is 0 Å². The van der Waals surface area contributed by atoms with Crippen molar-refractivity contribution >= 4 is 28.4 Å². The molecule has 0 fully saturated rings. The summed E-state index contributed by atoms with van der Waals surface area (Å²) in [6, 6.07) is 14.8. The van der Waals surface area contributed by atoms with Crippen LogP contribution in [0.5, 0.6) is 5.75 Å². The molecule has 2 aromatic carbocycles. The van der Waals surface area contributed by atoms with Crippen molar-refractivity contribution < 1.29 is 9.53 Å². The molecule has 0 bridgehead atoms. The highest BCUT2D eigenvalue weighted by Gasteiger charge is 2.14. The highest BCUT2D eigenvalue weighted by atomic mass is 32.2. The summed E-state index contributed by atoms with van der Waals surface area (Å²) in [5.41, 5.74) is 2.43. The molecule has 0 amide bonds. The summed E-state index contributed by atoms with van der Waals surface area (Å²) in [7, 11) is 0. The summed E-state index contributed by atoms with van der Waals surface area (Å²) in [4.78, 5) is 12.4. The second kappa shape index (κ2) is 9.84. The lowest BCUT2D eigenvalue weighted by atomic mass is 10.1. The van der Waals surface area contributed by atoms with E-state index >= 15 is 0 Å². The molecule has 0 aliphatic rings. The summed E-state index contributed by atoms with van der Waals surface area (Å²) in [5, 5.41) is 5.46. The zero-order chi connectivity index (χ0) is 18.9. The molecule has 26 heavy (non-hydrogen) atoms. The molecule has 7 heteroatoms. The molecule has 0 aliphatic carbocycles. The minimum Gasteiger partial charge on any atom is -0.494 e. The van der Waals surface area contributed by atoms with E-state index < -0.39 is 0 Å². The first-order chi connectivity index (χ1) is 12.5. The number of Topliss-reactive ketones (excluding diaryl/α,β-unsaturated/α-hetero) is 1. The van der Waals surface area contributed by atoms with Gasteiger partial charge in [0.05, 0.1) is 18.0 Å². The minimum atomic E-state index is -0.0316. The fourth-order valence-corrected chi connectivity index (χ4v) is 2.97. The number of carbonyl (C=O) groups excluding carboxylic acids is 1. The summed E-state index contributed by atoms with van der Waals surface area (Å²) >= 11 is 1.20. The minimum absolute atomic E-state index is 0.0316. The second-order valence-corrected chi connectivity index (χ2v) is 6.65. The normalized spacial score (nSPS) is 11.3. The number of anilines is 1. The van der Waals surface area contributed by atoms with Gasteiger partial charge in [-0.05, 0) is 55.3 Å².